The summed E-state index contributed by atoms with van der Waals surface area (Å²) in [6.45, 7) is 0. The number of nitrogens with one attached hydrogen (secondary N) is 1. The van der Waals surface area contributed by atoms with Crippen molar-refractivity contribution in [2.24, 2.45) is 5.16 Å². The molecular formula is C14H20N2O. The quantitative estimate of drug-likeness (QED) is 0.604. The molecule has 1 saturated carbocycles. The lowest BCUT2D eigenvalue weighted by molar-refractivity contribution is 0.314. The molecule has 3 nitrogen and oxygen atoms in total. The normalized spacial score (nSPS) is 24.0. The van der Waals surface area contributed by atoms with Gasteiger partial charge >= 0.3 is 0 Å². The topological polar surface area (TPSA) is 44.6 Å². The molecule has 0 bridgehead atoms. The summed E-state index contributed by atoms with van der Waals surface area (Å²) < 4.78 is 0. The highest BCUT2D eigenvalue weighted by Crippen LogP contribution is 2.19. The third-order valence-corrected chi connectivity index (χ3v) is 3.32. The summed E-state index contributed by atoms with van der Waals surface area (Å²) in [5, 5.41) is 16.0. The standard InChI is InChI=1S/C14H20N2O/c17-16-14-11-7-2-1-6-10-13(14)15-12-8-4-3-5-9-12/h3-5,8-9,13,15,17H,1-2,6-7,10-11H2. The van der Waals surface area contributed by atoms with Crippen LogP contribution in [0.25, 0.3) is 0 Å². The van der Waals surface area contributed by atoms with Crippen molar-refractivity contribution >= 4 is 11.4 Å². The van der Waals surface area contributed by atoms with Crippen molar-refractivity contribution in [2.75, 3.05) is 5.32 Å². The molecule has 0 amide bonds. The van der Waals surface area contributed by atoms with Gasteiger partial charge in [-0.1, -0.05) is 42.6 Å². The number of para-hydroxylation sites is 1. The van der Waals surface area contributed by atoms with E-state index in [0.29, 0.717) is 0 Å². The molecule has 0 saturated heterocycles. The molecule has 1 aliphatic carbocycles. The van der Waals surface area contributed by atoms with Crippen LogP contribution < -0.4 is 5.32 Å². The Bertz CT molecular complexity index is 362. The van der Waals surface area contributed by atoms with Crippen molar-refractivity contribution in [3.63, 3.8) is 0 Å². The Balaban J connectivity index is 2.05. The first-order valence-electron chi connectivity index (χ1n) is 6.42. The van der Waals surface area contributed by atoms with Gasteiger partial charge in [0.05, 0.1) is 11.8 Å². The van der Waals surface area contributed by atoms with Gasteiger partial charge in [-0.15, -0.1) is 0 Å². The molecule has 0 radical (unpaired) electrons. The van der Waals surface area contributed by atoms with E-state index in [9.17, 15) is 0 Å². The van der Waals surface area contributed by atoms with E-state index in [0.717, 1.165) is 30.7 Å². The van der Waals surface area contributed by atoms with E-state index in [1.807, 2.05) is 30.3 Å². The van der Waals surface area contributed by atoms with Gasteiger partial charge in [0.2, 0.25) is 0 Å². The van der Waals surface area contributed by atoms with Gasteiger partial charge in [-0.3, -0.25) is 0 Å². The van der Waals surface area contributed by atoms with Gasteiger partial charge in [0.1, 0.15) is 0 Å². The van der Waals surface area contributed by atoms with Gasteiger partial charge in [0, 0.05) is 5.69 Å². The van der Waals surface area contributed by atoms with Crippen LogP contribution in [0.2, 0.25) is 0 Å². The van der Waals surface area contributed by atoms with E-state index in [-0.39, 0.29) is 6.04 Å². The second-order valence-electron chi connectivity index (χ2n) is 4.61. The van der Waals surface area contributed by atoms with E-state index in [1.165, 1.54) is 19.3 Å². The molecule has 1 fully saturated rings. The fraction of sp³-hybridized carbons (Fsp3) is 0.500. The molecule has 0 spiro atoms. The molecule has 1 atom stereocenters. The minimum atomic E-state index is 0.183. The van der Waals surface area contributed by atoms with Crippen LogP contribution in [-0.4, -0.2) is 17.0 Å². The number of nitrogens with zero attached hydrogens (tertiary/aromatic N) is 1. The van der Waals surface area contributed by atoms with Crippen LogP contribution in [0, 0.1) is 0 Å². The number of hydrogen-bond donors (Lipinski definition) is 2. The van der Waals surface area contributed by atoms with Crippen molar-refractivity contribution in [3.8, 4) is 0 Å². The van der Waals surface area contributed by atoms with Crippen LogP contribution in [0.5, 0.6) is 0 Å². The van der Waals surface area contributed by atoms with Crippen LogP contribution in [0.3, 0.4) is 0 Å². The molecule has 3 heteroatoms. The van der Waals surface area contributed by atoms with Gasteiger partial charge < -0.3 is 10.5 Å². The summed E-state index contributed by atoms with van der Waals surface area (Å²) in [7, 11) is 0. The molecule has 1 aromatic rings. The Kier molecular flexibility index (Phi) is 4.42. The third-order valence-electron chi connectivity index (χ3n) is 3.32. The first kappa shape index (κ1) is 12.0. The average molecular weight is 232 g/mol. The molecule has 1 aliphatic rings. The van der Waals surface area contributed by atoms with E-state index in [1.54, 1.807) is 0 Å². The van der Waals surface area contributed by atoms with E-state index >= 15 is 0 Å². The predicted octanol–water partition coefficient (Wildman–Crippen LogP) is 3.65. The summed E-state index contributed by atoms with van der Waals surface area (Å²) in [4.78, 5) is 0. The predicted molar refractivity (Wildman–Crippen MR) is 70.8 cm³/mol. The first-order chi connectivity index (χ1) is 8.40. The van der Waals surface area contributed by atoms with Crippen LogP contribution in [0.15, 0.2) is 35.5 Å². The molecular weight excluding hydrogens is 212 g/mol. The van der Waals surface area contributed by atoms with Gasteiger partial charge in [-0.2, -0.15) is 0 Å². The Morgan fingerprint density at radius 3 is 2.59 bits per heavy atom. The van der Waals surface area contributed by atoms with Gasteiger partial charge in [-0.05, 0) is 31.4 Å². The Hall–Kier alpha value is -1.51. The zero-order valence-corrected chi connectivity index (χ0v) is 10.1. The van der Waals surface area contributed by atoms with Crippen LogP contribution >= 0.6 is 0 Å². The average Bonchev–Trinajstić information content (AvgIpc) is 2.34. The fourth-order valence-electron chi connectivity index (χ4n) is 2.36. The maximum Gasteiger partial charge on any atom is 0.0792 e. The number of benzene rings is 1. The second kappa shape index (κ2) is 6.28. The Labute approximate surface area is 103 Å². The van der Waals surface area contributed by atoms with Crippen molar-refractivity contribution in [1.82, 2.24) is 0 Å². The molecule has 2 N–H and O–H groups in total. The lowest BCUT2D eigenvalue weighted by Gasteiger charge is -2.23. The monoisotopic (exact) mass is 232 g/mol. The molecule has 92 valence electrons. The van der Waals surface area contributed by atoms with Crippen molar-refractivity contribution < 1.29 is 5.21 Å². The maximum atomic E-state index is 9.10. The number of rotatable bonds is 2. The number of oxime groups is 1. The Morgan fingerprint density at radius 1 is 1.06 bits per heavy atom. The van der Waals surface area contributed by atoms with Crippen molar-refractivity contribution in [3.05, 3.63) is 30.3 Å². The molecule has 0 aliphatic heterocycles. The van der Waals surface area contributed by atoms with Crippen molar-refractivity contribution in [1.29, 1.82) is 0 Å². The smallest absolute Gasteiger partial charge is 0.0792 e. The zero-order chi connectivity index (χ0) is 11.9. The van der Waals surface area contributed by atoms with Gasteiger partial charge in [0.25, 0.3) is 0 Å². The SMILES string of the molecule is ON=C1CCCCCCC1Nc1ccccc1. The summed E-state index contributed by atoms with van der Waals surface area (Å²) in [5.74, 6) is 0. The minimum absolute atomic E-state index is 0.183. The number of hydrogen-bond acceptors (Lipinski definition) is 3. The first-order valence-corrected chi connectivity index (χ1v) is 6.42. The van der Waals surface area contributed by atoms with E-state index in [4.69, 9.17) is 5.21 Å². The molecule has 1 unspecified atom stereocenters. The van der Waals surface area contributed by atoms with Crippen molar-refractivity contribution in [2.45, 2.75) is 44.6 Å². The van der Waals surface area contributed by atoms with Gasteiger partial charge in [0.15, 0.2) is 0 Å². The number of anilines is 1. The van der Waals surface area contributed by atoms with Crippen LogP contribution in [-0.2, 0) is 0 Å². The zero-order valence-electron chi connectivity index (χ0n) is 10.1. The molecule has 2 rings (SSSR count). The fourth-order valence-corrected chi connectivity index (χ4v) is 2.36. The highest BCUT2D eigenvalue weighted by Gasteiger charge is 2.18. The van der Waals surface area contributed by atoms with Crippen LogP contribution in [0.1, 0.15) is 38.5 Å². The maximum absolute atomic E-state index is 9.10. The van der Waals surface area contributed by atoms with Gasteiger partial charge in [-0.25, -0.2) is 0 Å². The van der Waals surface area contributed by atoms with E-state index < -0.39 is 0 Å². The second-order valence-corrected chi connectivity index (χ2v) is 4.61. The molecule has 0 heterocycles. The highest BCUT2D eigenvalue weighted by molar-refractivity contribution is 5.91. The largest absolute Gasteiger partial charge is 0.411 e. The highest BCUT2D eigenvalue weighted by atomic mass is 16.4. The molecule has 17 heavy (non-hydrogen) atoms. The summed E-state index contributed by atoms with van der Waals surface area (Å²) >= 11 is 0. The van der Waals surface area contributed by atoms with Crippen LogP contribution in [0.4, 0.5) is 5.69 Å². The third kappa shape index (κ3) is 3.48. The molecule has 0 aromatic heterocycles. The minimum Gasteiger partial charge on any atom is -0.411 e. The summed E-state index contributed by atoms with van der Waals surface area (Å²) in [6.07, 6.45) is 6.81. The van der Waals surface area contributed by atoms with E-state index in [2.05, 4.69) is 10.5 Å². The lowest BCUT2D eigenvalue weighted by Crippen LogP contribution is -2.30. The molecule has 1 aromatic carbocycles. The summed E-state index contributed by atoms with van der Waals surface area (Å²) in [6, 6.07) is 10.3. The Morgan fingerprint density at radius 2 is 1.82 bits per heavy atom. The lowest BCUT2D eigenvalue weighted by atomic mass is 9.94. The summed E-state index contributed by atoms with van der Waals surface area (Å²) in [5.41, 5.74) is 1.99.